The summed E-state index contributed by atoms with van der Waals surface area (Å²) in [5, 5.41) is 9.11. The molecule has 0 spiro atoms. The van der Waals surface area contributed by atoms with Gasteiger partial charge in [-0.05, 0) is 25.5 Å². The van der Waals surface area contributed by atoms with Gasteiger partial charge < -0.3 is 14.6 Å². The Labute approximate surface area is 116 Å². The molecule has 2 atom stereocenters. The van der Waals surface area contributed by atoms with Gasteiger partial charge in [0, 0.05) is 18.5 Å². The van der Waals surface area contributed by atoms with E-state index in [0.29, 0.717) is 11.4 Å². The van der Waals surface area contributed by atoms with Gasteiger partial charge in [-0.1, -0.05) is 6.92 Å². The van der Waals surface area contributed by atoms with Crippen LogP contribution in [0.25, 0.3) is 0 Å². The van der Waals surface area contributed by atoms with Gasteiger partial charge >= 0.3 is 5.97 Å². The van der Waals surface area contributed by atoms with Crippen molar-refractivity contribution in [3.63, 3.8) is 0 Å². The van der Waals surface area contributed by atoms with Crippen molar-refractivity contribution in [3.8, 4) is 0 Å². The summed E-state index contributed by atoms with van der Waals surface area (Å²) in [6.45, 7) is 4.68. The average molecular weight is 282 g/mol. The molecule has 2 rings (SSSR count). The van der Waals surface area contributed by atoms with Crippen LogP contribution >= 0.6 is 11.8 Å². The fourth-order valence-corrected chi connectivity index (χ4v) is 3.49. The molecule has 1 fully saturated rings. The number of hydrogen-bond donors (Lipinski definition) is 1. The van der Waals surface area contributed by atoms with E-state index in [4.69, 9.17) is 0 Å². The van der Waals surface area contributed by atoms with Crippen LogP contribution in [-0.2, 0) is 11.3 Å². The predicted molar refractivity (Wildman–Crippen MR) is 74.2 cm³/mol. The first-order valence-electron chi connectivity index (χ1n) is 6.38. The molecule has 5 nitrogen and oxygen atoms in total. The topological polar surface area (TPSA) is 62.5 Å². The highest BCUT2D eigenvalue weighted by Gasteiger charge is 2.40. The van der Waals surface area contributed by atoms with Crippen molar-refractivity contribution in [1.82, 2.24) is 9.47 Å². The van der Waals surface area contributed by atoms with Gasteiger partial charge in [-0.15, -0.1) is 11.8 Å². The van der Waals surface area contributed by atoms with Gasteiger partial charge in [0.2, 0.25) is 0 Å². The summed E-state index contributed by atoms with van der Waals surface area (Å²) in [4.78, 5) is 25.3. The van der Waals surface area contributed by atoms with Crippen molar-refractivity contribution in [3.05, 3.63) is 24.0 Å². The smallest absolute Gasteiger partial charge is 0.327 e. The molecular weight excluding hydrogens is 264 g/mol. The summed E-state index contributed by atoms with van der Waals surface area (Å²) in [7, 11) is 0. The highest BCUT2D eigenvalue weighted by atomic mass is 32.2. The minimum absolute atomic E-state index is 0.0985. The van der Waals surface area contributed by atoms with Crippen LogP contribution < -0.4 is 0 Å². The molecular formula is C13H18N2O3S. The SMILES string of the molecule is CCCn1cccc1C(=O)N1C(C)SCC1C(=O)O. The third-order valence-electron chi connectivity index (χ3n) is 3.26. The van der Waals surface area contributed by atoms with E-state index >= 15 is 0 Å². The molecule has 0 aliphatic carbocycles. The Morgan fingerprint density at radius 3 is 2.89 bits per heavy atom. The zero-order valence-electron chi connectivity index (χ0n) is 11.1. The monoisotopic (exact) mass is 282 g/mol. The fraction of sp³-hybridized carbons (Fsp3) is 0.538. The third kappa shape index (κ3) is 2.63. The van der Waals surface area contributed by atoms with Crippen molar-refractivity contribution in [2.24, 2.45) is 0 Å². The Balaban J connectivity index is 2.26. The van der Waals surface area contributed by atoms with Gasteiger partial charge in [0.1, 0.15) is 11.7 Å². The van der Waals surface area contributed by atoms with Crippen molar-refractivity contribution < 1.29 is 14.7 Å². The molecule has 1 aromatic heterocycles. The summed E-state index contributed by atoms with van der Waals surface area (Å²) in [6, 6.07) is 2.86. The second-order valence-electron chi connectivity index (χ2n) is 4.59. The van der Waals surface area contributed by atoms with E-state index < -0.39 is 12.0 Å². The van der Waals surface area contributed by atoms with Crippen molar-refractivity contribution in [2.45, 2.75) is 38.2 Å². The molecule has 0 radical (unpaired) electrons. The Morgan fingerprint density at radius 1 is 1.53 bits per heavy atom. The lowest BCUT2D eigenvalue weighted by atomic mass is 10.2. The number of nitrogens with zero attached hydrogens (tertiary/aromatic N) is 2. The highest BCUT2D eigenvalue weighted by molar-refractivity contribution is 8.00. The van der Waals surface area contributed by atoms with Crippen LogP contribution in [0.3, 0.4) is 0 Å². The van der Waals surface area contributed by atoms with Crippen molar-refractivity contribution in [1.29, 1.82) is 0 Å². The summed E-state index contributed by atoms with van der Waals surface area (Å²) in [5.74, 6) is -0.668. The predicted octanol–water partition coefficient (Wildman–Crippen LogP) is 1.89. The zero-order chi connectivity index (χ0) is 14.0. The number of rotatable bonds is 4. The minimum Gasteiger partial charge on any atom is -0.480 e. The maximum atomic E-state index is 12.6. The minimum atomic E-state index is -0.932. The lowest BCUT2D eigenvalue weighted by Crippen LogP contribution is -2.45. The summed E-state index contributed by atoms with van der Waals surface area (Å²) < 4.78 is 1.89. The molecule has 1 saturated heterocycles. The molecule has 1 aromatic rings. The number of hydrogen-bond acceptors (Lipinski definition) is 3. The van der Waals surface area contributed by atoms with Gasteiger partial charge in [-0.2, -0.15) is 0 Å². The molecule has 2 unspecified atom stereocenters. The number of carbonyl (C=O) groups excluding carboxylic acids is 1. The first kappa shape index (κ1) is 14.0. The largest absolute Gasteiger partial charge is 0.480 e. The number of carboxylic acid groups (broad SMARTS) is 1. The Bertz CT molecular complexity index is 486. The van der Waals surface area contributed by atoms with E-state index in [1.165, 1.54) is 16.7 Å². The number of aliphatic carboxylic acids is 1. The highest BCUT2D eigenvalue weighted by Crippen LogP contribution is 2.30. The van der Waals surface area contributed by atoms with E-state index in [-0.39, 0.29) is 11.3 Å². The van der Waals surface area contributed by atoms with Crippen molar-refractivity contribution >= 4 is 23.6 Å². The maximum Gasteiger partial charge on any atom is 0.327 e. The maximum absolute atomic E-state index is 12.6. The average Bonchev–Trinajstić information content (AvgIpc) is 2.95. The molecule has 0 aromatic carbocycles. The van der Waals surface area contributed by atoms with Crippen LogP contribution in [0.5, 0.6) is 0 Å². The van der Waals surface area contributed by atoms with Crippen LogP contribution in [0.15, 0.2) is 18.3 Å². The van der Waals surface area contributed by atoms with E-state index in [2.05, 4.69) is 0 Å². The van der Waals surface area contributed by atoms with Crippen LogP contribution in [0.4, 0.5) is 0 Å². The molecule has 1 amide bonds. The molecule has 6 heteroatoms. The van der Waals surface area contributed by atoms with Gasteiger partial charge in [0.15, 0.2) is 0 Å². The zero-order valence-corrected chi connectivity index (χ0v) is 11.9. The molecule has 1 N–H and O–H groups in total. The summed E-state index contributed by atoms with van der Waals surface area (Å²) >= 11 is 1.50. The molecule has 1 aliphatic heterocycles. The number of carboxylic acids is 1. The van der Waals surface area contributed by atoms with E-state index in [1.54, 1.807) is 6.07 Å². The summed E-state index contributed by atoms with van der Waals surface area (Å²) in [6.07, 6.45) is 2.79. The number of aromatic nitrogens is 1. The fourth-order valence-electron chi connectivity index (χ4n) is 2.32. The van der Waals surface area contributed by atoms with Crippen LogP contribution in [0, 0.1) is 0 Å². The van der Waals surface area contributed by atoms with Gasteiger partial charge in [-0.25, -0.2) is 4.79 Å². The number of aryl methyl sites for hydroxylation is 1. The number of amides is 1. The van der Waals surface area contributed by atoms with Gasteiger partial charge in [-0.3, -0.25) is 4.79 Å². The van der Waals surface area contributed by atoms with Gasteiger partial charge in [0.25, 0.3) is 5.91 Å². The van der Waals surface area contributed by atoms with Crippen molar-refractivity contribution in [2.75, 3.05) is 5.75 Å². The normalized spacial score (nSPS) is 22.7. The van der Waals surface area contributed by atoms with E-state index in [9.17, 15) is 14.7 Å². The number of thioether (sulfide) groups is 1. The van der Waals surface area contributed by atoms with Crippen LogP contribution in [-0.4, -0.2) is 43.6 Å². The standard InChI is InChI=1S/C13H18N2O3S/c1-3-6-14-7-4-5-10(14)12(16)15-9(2)19-8-11(15)13(17)18/h4-5,7,9,11H,3,6,8H2,1-2H3,(H,17,18). The van der Waals surface area contributed by atoms with E-state index in [1.807, 2.05) is 30.7 Å². The number of carbonyl (C=O) groups is 2. The molecule has 2 heterocycles. The lowest BCUT2D eigenvalue weighted by Gasteiger charge is -2.25. The lowest BCUT2D eigenvalue weighted by molar-refractivity contribution is -0.141. The van der Waals surface area contributed by atoms with Crippen LogP contribution in [0.2, 0.25) is 0 Å². The quantitative estimate of drug-likeness (QED) is 0.916. The van der Waals surface area contributed by atoms with Crippen LogP contribution in [0.1, 0.15) is 30.8 Å². The Hall–Kier alpha value is -1.43. The Morgan fingerprint density at radius 2 is 2.26 bits per heavy atom. The van der Waals surface area contributed by atoms with Gasteiger partial charge in [0.05, 0.1) is 5.37 Å². The summed E-state index contributed by atoms with van der Waals surface area (Å²) in [5.41, 5.74) is 0.572. The third-order valence-corrected chi connectivity index (χ3v) is 4.47. The van der Waals surface area contributed by atoms with E-state index in [0.717, 1.165) is 13.0 Å². The second kappa shape index (κ2) is 5.69. The molecule has 1 aliphatic rings. The molecule has 0 saturated carbocycles. The second-order valence-corrected chi connectivity index (χ2v) is 5.93. The molecule has 19 heavy (non-hydrogen) atoms. The first-order chi connectivity index (χ1) is 9.06. The Kier molecular flexibility index (Phi) is 4.19. The molecule has 0 bridgehead atoms. The first-order valence-corrected chi connectivity index (χ1v) is 7.43. The molecule has 104 valence electrons.